The number of aryl methyl sites for hydroxylation is 1. The van der Waals surface area contributed by atoms with Crippen molar-refractivity contribution >= 4 is 51.4 Å². The van der Waals surface area contributed by atoms with Gasteiger partial charge in [-0.2, -0.15) is 0 Å². The zero-order chi connectivity index (χ0) is 20.9. The molecule has 2 aromatic heterocycles. The van der Waals surface area contributed by atoms with Crippen LogP contribution in [-0.4, -0.2) is 40.0 Å². The van der Waals surface area contributed by atoms with Crippen LogP contribution in [0, 0.1) is 12.8 Å². The maximum absolute atomic E-state index is 12.8. The molecule has 9 heteroatoms. The fraction of sp³-hybridized carbons (Fsp3) is 0.333. The number of thiophene rings is 1. The van der Waals surface area contributed by atoms with Crippen molar-refractivity contribution in [3.8, 4) is 0 Å². The number of thioether (sulfide) groups is 1. The first kappa shape index (κ1) is 21.0. The molecule has 2 amide bonds. The van der Waals surface area contributed by atoms with E-state index in [0.717, 1.165) is 28.5 Å². The summed E-state index contributed by atoms with van der Waals surface area (Å²) in [5.41, 5.74) is 1.78. The highest BCUT2D eigenvalue weighted by Crippen LogP contribution is 2.30. The summed E-state index contributed by atoms with van der Waals surface area (Å²) in [5.74, 6) is 0.496. The van der Waals surface area contributed by atoms with Crippen molar-refractivity contribution in [2.24, 2.45) is 5.92 Å². The second kappa shape index (κ2) is 9.72. The Hall–Kier alpha value is -2.23. The number of hydrogen-bond donors (Lipinski definition) is 1. The van der Waals surface area contributed by atoms with Gasteiger partial charge in [-0.25, -0.2) is 0 Å². The minimum Gasteiger partial charge on any atom is -0.338 e. The number of nitrogens with zero attached hydrogens (tertiary/aromatic N) is 3. The third-order valence-electron chi connectivity index (χ3n) is 4.93. The van der Waals surface area contributed by atoms with Crippen molar-refractivity contribution in [1.82, 2.24) is 15.1 Å². The van der Waals surface area contributed by atoms with E-state index < -0.39 is 0 Å². The van der Waals surface area contributed by atoms with E-state index in [-0.39, 0.29) is 17.7 Å². The first-order valence-corrected chi connectivity index (χ1v) is 12.4. The quantitative estimate of drug-likeness (QED) is 0.428. The number of likely N-dealkylation sites (tertiary alicyclic amines) is 1. The summed E-state index contributed by atoms with van der Waals surface area (Å²) < 4.78 is 0.832. The molecule has 0 radical (unpaired) electrons. The molecule has 4 rings (SSSR count). The van der Waals surface area contributed by atoms with Gasteiger partial charge < -0.3 is 10.2 Å². The topological polar surface area (TPSA) is 75.2 Å². The molecule has 0 aliphatic carbocycles. The second-order valence-electron chi connectivity index (χ2n) is 7.19. The van der Waals surface area contributed by atoms with E-state index in [4.69, 9.17) is 0 Å². The lowest BCUT2D eigenvalue weighted by molar-refractivity contribution is -0.121. The highest BCUT2D eigenvalue weighted by atomic mass is 32.2. The zero-order valence-corrected chi connectivity index (χ0v) is 19.0. The van der Waals surface area contributed by atoms with Gasteiger partial charge in [0.15, 0.2) is 4.34 Å². The van der Waals surface area contributed by atoms with Gasteiger partial charge in [-0.1, -0.05) is 46.9 Å². The van der Waals surface area contributed by atoms with E-state index in [1.165, 1.54) is 16.2 Å². The van der Waals surface area contributed by atoms with Crippen molar-refractivity contribution < 1.29 is 9.59 Å². The highest BCUT2D eigenvalue weighted by Gasteiger charge is 2.29. The SMILES string of the molecule is Cc1ccc(C(=O)N2CCCC(C(=O)Nc3nnc(SCc4cccs4)s3)C2)cc1. The Kier molecular flexibility index (Phi) is 6.81. The van der Waals surface area contributed by atoms with E-state index in [1.807, 2.05) is 37.3 Å². The van der Waals surface area contributed by atoms with Crippen molar-refractivity contribution in [1.29, 1.82) is 0 Å². The van der Waals surface area contributed by atoms with E-state index >= 15 is 0 Å². The Labute approximate surface area is 187 Å². The van der Waals surface area contributed by atoms with Crippen molar-refractivity contribution in [3.05, 3.63) is 57.8 Å². The molecule has 3 heterocycles. The zero-order valence-electron chi connectivity index (χ0n) is 16.5. The summed E-state index contributed by atoms with van der Waals surface area (Å²) in [6.45, 7) is 3.10. The summed E-state index contributed by atoms with van der Waals surface area (Å²) in [5, 5.41) is 13.7. The van der Waals surface area contributed by atoms with Gasteiger partial charge in [0.2, 0.25) is 11.0 Å². The lowest BCUT2D eigenvalue weighted by atomic mass is 9.96. The largest absolute Gasteiger partial charge is 0.338 e. The molecule has 3 aromatic rings. The summed E-state index contributed by atoms with van der Waals surface area (Å²) >= 11 is 4.71. The van der Waals surface area contributed by atoms with Crippen molar-refractivity contribution in [2.45, 2.75) is 29.9 Å². The molecule has 0 bridgehead atoms. The fourth-order valence-electron chi connectivity index (χ4n) is 3.31. The number of carbonyl (C=O) groups excluding carboxylic acids is 2. The first-order valence-electron chi connectivity index (χ1n) is 9.74. The maximum atomic E-state index is 12.8. The Bertz CT molecular complexity index is 1000. The molecule has 1 N–H and O–H groups in total. The standard InChI is InChI=1S/C21H22N4O2S3/c1-14-6-8-15(9-7-14)19(27)25-10-2-4-16(12-25)18(26)22-20-23-24-21(30-20)29-13-17-5-3-11-28-17/h3,5-9,11,16H,2,4,10,12-13H2,1H3,(H,22,23,26). The van der Waals surface area contributed by atoms with Crippen LogP contribution in [-0.2, 0) is 10.5 Å². The minimum atomic E-state index is -0.237. The molecule has 1 atom stereocenters. The van der Waals surface area contributed by atoms with E-state index in [0.29, 0.717) is 23.8 Å². The van der Waals surface area contributed by atoms with Crippen molar-refractivity contribution in [3.63, 3.8) is 0 Å². The number of rotatable bonds is 6. The molecule has 6 nitrogen and oxygen atoms in total. The second-order valence-corrected chi connectivity index (χ2v) is 10.4. The number of anilines is 1. The number of piperidine rings is 1. The Morgan fingerprint density at radius 2 is 2.07 bits per heavy atom. The van der Waals surface area contributed by atoms with Gasteiger partial charge in [0.25, 0.3) is 5.91 Å². The van der Waals surface area contributed by atoms with E-state index in [1.54, 1.807) is 28.0 Å². The van der Waals surface area contributed by atoms with Crippen LogP contribution in [0.25, 0.3) is 0 Å². The van der Waals surface area contributed by atoms with Crippen LogP contribution in [0.5, 0.6) is 0 Å². The predicted octanol–water partition coefficient (Wildman–Crippen LogP) is 4.69. The van der Waals surface area contributed by atoms with E-state index in [2.05, 4.69) is 27.0 Å². The first-order chi connectivity index (χ1) is 14.6. The fourth-order valence-corrected chi connectivity index (χ4v) is 5.84. The molecule has 1 aliphatic rings. The summed E-state index contributed by atoms with van der Waals surface area (Å²) in [6.07, 6.45) is 1.58. The third-order valence-corrected chi connectivity index (χ3v) is 8.01. The molecule has 30 heavy (non-hydrogen) atoms. The van der Waals surface area contributed by atoms with Crippen LogP contribution in [0.2, 0.25) is 0 Å². The molecule has 1 aromatic carbocycles. The van der Waals surface area contributed by atoms with Crippen LogP contribution in [0.15, 0.2) is 46.1 Å². The molecular formula is C21H22N4O2S3. The molecule has 1 unspecified atom stereocenters. The number of amides is 2. The number of hydrogen-bond acceptors (Lipinski definition) is 7. The molecule has 156 valence electrons. The Balaban J connectivity index is 1.32. The monoisotopic (exact) mass is 458 g/mol. The summed E-state index contributed by atoms with van der Waals surface area (Å²) in [4.78, 5) is 28.6. The Morgan fingerprint density at radius 1 is 1.23 bits per heavy atom. The van der Waals surface area contributed by atoms with Crippen LogP contribution < -0.4 is 5.32 Å². The smallest absolute Gasteiger partial charge is 0.253 e. The highest BCUT2D eigenvalue weighted by molar-refractivity contribution is 8.00. The van der Waals surface area contributed by atoms with E-state index in [9.17, 15) is 9.59 Å². The molecule has 1 aliphatic heterocycles. The molecular weight excluding hydrogens is 436 g/mol. The molecule has 1 fully saturated rings. The van der Waals surface area contributed by atoms with Gasteiger partial charge in [-0.3, -0.25) is 9.59 Å². The minimum absolute atomic E-state index is 0.0179. The van der Waals surface area contributed by atoms with Gasteiger partial charge in [0, 0.05) is 29.3 Å². The van der Waals surface area contributed by atoms with Crippen LogP contribution in [0.4, 0.5) is 5.13 Å². The lowest BCUT2D eigenvalue weighted by Gasteiger charge is -2.32. The maximum Gasteiger partial charge on any atom is 0.253 e. The van der Waals surface area contributed by atoms with Crippen LogP contribution >= 0.6 is 34.4 Å². The Morgan fingerprint density at radius 3 is 2.83 bits per heavy atom. The molecule has 1 saturated heterocycles. The lowest BCUT2D eigenvalue weighted by Crippen LogP contribution is -2.43. The number of nitrogens with one attached hydrogen (secondary N) is 1. The average molecular weight is 459 g/mol. The number of benzene rings is 1. The number of carbonyl (C=O) groups is 2. The van der Waals surface area contributed by atoms with Crippen LogP contribution in [0.1, 0.15) is 33.6 Å². The normalized spacial score (nSPS) is 16.4. The molecule has 0 saturated carbocycles. The van der Waals surface area contributed by atoms with Gasteiger partial charge in [-0.15, -0.1) is 21.5 Å². The summed E-state index contributed by atoms with van der Waals surface area (Å²) in [7, 11) is 0. The average Bonchev–Trinajstić information content (AvgIpc) is 3.44. The van der Waals surface area contributed by atoms with Crippen LogP contribution in [0.3, 0.4) is 0 Å². The van der Waals surface area contributed by atoms with Gasteiger partial charge >= 0.3 is 0 Å². The van der Waals surface area contributed by atoms with Gasteiger partial charge in [0.1, 0.15) is 0 Å². The predicted molar refractivity (Wildman–Crippen MR) is 122 cm³/mol. The van der Waals surface area contributed by atoms with Gasteiger partial charge in [0.05, 0.1) is 5.92 Å². The molecule has 0 spiro atoms. The van der Waals surface area contributed by atoms with Gasteiger partial charge in [-0.05, 0) is 43.3 Å². The third kappa shape index (κ3) is 5.27. The number of aromatic nitrogens is 2. The summed E-state index contributed by atoms with van der Waals surface area (Å²) in [6, 6.07) is 11.7. The van der Waals surface area contributed by atoms with Crippen molar-refractivity contribution in [2.75, 3.05) is 18.4 Å².